The Morgan fingerprint density at radius 2 is 1.96 bits per heavy atom. The number of halogens is 1. The number of hydrogen-bond acceptors (Lipinski definition) is 3. The van der Waals surface area contributed by atoms with E-state index in [0.717, 1.165) is 16.9 Å². The first-order valence-corrected chi connectivity index (χ1v) is 9.26. The van der Waals surface area contributed by atoms with Gasteiger partial charge in [0.05, 0.1) is 11.6 Å². The lowest BCUT2D eigenvalue weighted by Crippen LogP contribution is -2.56. The van der Waals surface area contributed by atoms with E-state index < -0.39 is 5.54 Å². The summed E-state index contributed by atoms with van der Waals surface area (Å²) in [5.41, 5.74) is 1.40. The Kier molecular flexibility index (Phi) is 4.99. The number of urea groups is 1. The number of carbonyl (C=O) groups excluding carboxylic acids is 1. The molecule has 1 atom stereocenters. The highest BCUT2D eigenvalue weighted by Crippen LogP contribution is 2.32. The molecule has 0 saturated carbocycles. The number of carbonyl (C=O) groups is 1. The molecule has 0 spiro atoms. The Labute approximate surface area is 157 Å². The predicted octanol–water partition coefficient (Wildman–Crippen LogP) is 3.35. The fraction of sp³-hybridized carbons (Fsp3) is 0.381. The summed E-state index contributed by atoms with van der Waals surface area (Å²) in [4.78, 5) is 12.7. The smallest absolute Gasteiger partial charge is 0.315 e. The van der Waals surface area contributed by atoms with Crippen molar-refractivity contribution in [3.63, 3.8) is 0 Å². The van der Waals surface area contributed by atoms with Crippen molar-refractivity contribution in [3.8, 4) is 5.75 Å². The van der Waals surface area contributed by atoms with Crippen LogP contribution in [-0.4, -0.2) is 31.4 Å². The van der Waals surface area contributed by atoms with Gasteiger partial charge in [0.1, 0.15) is 18.2 Å². The van der Waals surface area contributed by atoms with Crippen molar-refractivity contribution in [1.82, 2.24) is 10.6 Å². The average Bonchev–Trinajstić information content (AvgIpc) is 3.05. The Bertz CT molecular complexity index is 821. The van der Waals surface area contributed by atoms with Crippen molar-refractivity contribution in [2.75, 3.05) is 19.8 Å². The molecule has 5 nitrogen and oxygen atoms in total. The second-order valence-corrected chi connectivity index (χ2v) is 7.20. The molecule has 0 radical (unpaired) electrons. The molecule has 142 valence electrons. The number of ether oxygens (including phenoxy) is 2. The van der Waals surface area contributed by atoms with Crippen LogP contribution in [0.4, 0.5) is 9.18 Å². The first kappa shape index (κ1) is 17.8. The van der Waals surface area contributed by atoms with Crippen molar-refractivity contribution in [2.24, 2.45) is 0 Å². The molecule has 0 aliphatic carbocycles. The topological polar surface area (TPSA) is 59.6 Å². The SMILES string of the molecule is O=C(NC1COc2ccccc21)NC1(Cc2cccc(F)c2)CCOCC1. The maximum Gasteiger partial charge on any atom is 0.315 e. The van der Waals surface area contributed by atoms with Crippen LogP contribution in [0.2, 0.25) is 0 Å². The lowest BCUT2D eigenvalue weighted by atomic mass is 9.83. The minimum Gasteiger partial charge on any atom is -0.491 e. The highest BCUT2D eigenvalue weighted by Gasteiger charge is 2.35. The molecular formula is C21H23FN2O3. The van der Waals surface area contributed by atoms with Gasteiger partial charge in [-0.15, -0.1) is 0 Å². The van der Waals surface area contributed by atoms with Crippen LogP contribution in [0.15, 0.2) is 48.5 Å². The maximum atomic E-state index is 13.6. The predicted molar refractivity (Wildman–Crippen MR) is 99.2 cm³/mol. The number of hydrogen-bond donors (Lipinski definition) is 2. The molecule has 0 bridgehead atoms. The molecule has 2 amide bonds. The van der Waals surface area contributed by atoms with E-state index in [9.17, 15) is 9.18 Å². The summed E-state index contributed by atoms with van der Waals surface area (Å²) in [6.45, 7) is 1.57. The van der Waals surface area contributed by atoms with Crippen LogP contribution in [0.1, 0.15) is 30.0 Å². The van der Waals surface area contributed by atoms with Crippen LogP contribution in [0.25, 0.3) is 0 Å². The summed E-state index contributed by atoms with van der Waals surface area (Å²) >= 11 is 0. The van der Waals surface area contributed by atoms with Crippen molar-refractivity contribution >= 4 is 6.03 Å². The third-order valence-corrected chi connectivity index (χ3v) is 5.27. The Morgan fingerprint density at radius 1 is 1.15 bits per heavy atom. The lowest BCUT2D eigenvalue weighted by Gasteiger charge is -2.38. The molecule has 1 saturated heterocycles. The summed E-state index contributed by atoms with van der Waals surface area (Å²) in [5.74, 6) is 0.544. The minimum atomic E-state index is -0.449. The van der Waals surface area contributed by atoms with E-state index in [0.29, 0.717) is 39.1 Å². The van der Waals surface area contributed by atoms with Crippen LogP contribution in [-0.2, 0) is 11.2 Å². The van der Waals surface area contributed by atoms with Gasteiger partial charge in [-0.25, -0.2) is 9.18 Å². The molecule has 2 aliphatic heterocycles. The molecule has 2 N–H and O–H groups in total. The van der Waals surface area contributed by atoms with Gasteiger partial charge in [0.25, 0.3) is 0 Å². The van der Waals surface area contributed by atoms with E-state index >= 15 is 0 Å². The molecule has 1 fully saturated rings. The fourth-order valence-corrected chi connectivity index (χ4v) is 3.86. The van der Waals surface area contributed by atoms with E-state index in [1.165, 1.54) is 12.1 Å². The zero-order valence-electron chi connectivity index (χ0n) is 15.0. The lowest BCUT2D eigenvalue weighted by molar-refractivity contribution is 0.0421. The van der Waals surface area contributed by atoms with Crippen LogP contribution >= 0.6 is 0 Å². The van der Waals surface area contributed by atoms with Crippen molar-refractivity contribution < 1.29 is 18.7 Å². The van der Waals surface area contributed by atoms with Gasteiger partial charge < -0.3 is 20.1 Å². The van der Waals surface area contributed by atoms with Crippen LogP contribution in [0.3, 0.4) is 0 Å². The monoisotopic (exact) mass is 370 g/mol. The molecule has 2 aliphatic rings. The Balaban J connectivity index is 1.46. The molecule has 0 aromatic heterocycles. The summed E-state index contributed by atoms with van der Waals surface area (Å²) < 4.78 is 24.7. The van der Waals surface area contributed by atoms with E-state index in [1.54, 1.807) is 6.07 Å². The van der Waals surface area contributed by atoms with Crippen molar-refractivity contribution in [3.05, 3.63) is 65.5 Å². The quantitative estimate of drug-likeness (QED) is 0.868. The van der Waals surface area contributed by atoms with Crippen LogP contribution in [0.5, 0.6) is 5.75 Å². The number of fused-ring (bicyclic) bond motifs is 1. The highest BCUT2D eigenvalue weighted by molar-refractivity contribution is 5.75. The van der Waals surface area contributed by atoms with E-state index in [4.69, 9.17) is 9.47 Å². The van der Waals surface area contributed by atoms with Crippen LogP contribution < -0.4 is 15.4 Å². The second kappa shape index (κ2) is 7.56. The minimum absolute atomic E-state index is 0.174. The van der Waals surface area contributed by atoms with Gasteiger partial charge in [-0.1, -0.05) is 30.3 Å². The van der Waals surface area contributed by atoms with E-state index in [-0.39, 0.29) is 17.9 Å². The Hall–Kier alpha value is -2.60. The van der Waals surface area contributed by atoms with Gasteiger partial charge in [-0.2, -0.15) is 0 Å². The molecule has 2 heterocycles. The summed E-state index contributed by atoms with van der Waals surface area (Å²) in [5, 5.41) is 6.16. The van der Waals surface area contributed by atoms with Gasteiger partial charge in [0.15, 0.2) is 0 Å². The van der Waals surface area contributed by atoms with Gasteiger partial charge >= 0.3 is 6.03 Å². The maximum absolute atomic E-state index is 13.6. The number of rotatable bonds is 4. The second-order valence-electron chi connectivity index (χ2n) is 7.20. The average molecular weight is 370 g/mol. The number of nitrogens with one attached hydrogen (secondary N) is 2. The summed E-state index contributed by atoms with van der Waals surface area (Å²) in [6, 6.07) is 13.8. The van der Waals surface area contributed by atoms with Gasteiger partial charge in [-0.05, 0) is 43.0 Å². The molecule has 2 aromatic carbocycles. The van der Waals surface area contributed by atoms with Crippen molar-refractivity contribution in [1.29, 1.82) is 0 Å². The number of amides is 2. The molecule has 4 rings (SSSR count). The standard InChI is InChI=1S/C21H23FN2O3/c22-16-5-3-4-15(12-16)13-21(8-10-26-11-9-21)24-20(25)23-18-14-27-19-7-2-1-6-17(18)19/h1-7,12,18H,8-11,13-14H2,(H2,23,24,25). The molecular weight excluding hydrogens is 347 g/mol. The summed E-state index contributed by atoms with van der Waals surface area (Å²) in [7, 11) is 0. The zero-order chi connectivity index (χ0) is 18.7. The largest absolute Gasteiger partial charge is 0.491 e. The van der Waals surface area contributed by atoms with Crippen LogP contribution in [0, 0.1) is 5.82 Å². The number of para-hydroxylation sites is 1. The third-order valence-electron chi connectivity index (χ3n) is 5.27. The highest BCUT2D eigenvalue weighted by atomic mass is 19.1. The van der Waals surface area contributed by atoms with E-state index in [1.807, 2.05) is 30.3 Å². The normalized spacial score (nSPS) is 20.4. The zero-order valence-corrected chi connectivity index (χ0v) is 15.0. The van der Waals surface area contributed by atoms with Crippen molar-refractivity contribution in [2.45, 2.75) is 30.8 Å². The Morgan fingerprint density at radius 3 is 2.78 bits per heavy atom. The molecule has 2 aromatic rings. The van der Waals surface area contributed by atoms with Gasteiger partial charge in [0, 0.05) is 18.8 Å². The number of benzene rings is 2. The third kappa shape index (κ3) is 4.06. The summed E-state index contributed by atoms with van der Waals surface area (Å²) in [6.07, 6.45) is 1.95. The molecule has 6 heteroatoms. The van der Waals surface area contributed by atoms with Gasteiger partial charge in [0.2, 0.25) is 0 Å². The fourth-order valence-electron chi connectivity index (χ4n) is 3.86. The van der Waals surface area contributed by atoms with Gasteiger partial charge in [-0.3, -0.25) is 0 Å². The first-order valence-electron chi connectivity index (χ1n) is 9.26. The first-order chi connectivity index (χ1) is 13.1. The van der Waals surface area contributed by atoms with E-state index in [2.05, 4.69) is 10.6 Å². The molecule has 27 heavy (non-hydrogen) atoms. The molecule has 1 unspecified atom stereocenters.